The van der Waals surface area contributed by atoms with E-state index in [9.17, 15) is 0 Å². The van der Waals surface area contributed by atoms with Crippen molar-refractivity contribution in [2.75, 3.05) is 17.8 Å². The van der Waals surface area contributed by atoms with Crippen molar-refractivity contribution in [2.24, 2.45) is 0 Å². The van der Waals surface area contributed by atoms with Gasteiger partial charge in [-0.05, 0) is 26.7 Å². The van der Waals surface area contributed by atoms with Crippen LogP contribution in [0.15, 0.2) is 6.07 Å². The molecule has 0 radical (unpaired) electrons. The lowest BCUT2D eigenvalue weighted by Crippen LogP contribution is -2.18. The van der Waals surface area contributed by atoms with Gasteiger partial charge in [-0.1, -0.05) is 6.92 Å². The molecular weight excluding hydrogens is 238 g/mol. The number of rotatable bonds is 7. The van der Waals surface area contributed by atoms with Gasteiger partial charge >= 0.3 is 0 Å². The van der Waals surface area contributed by atoms with Crippen molar-refractivity contribution in [3.63, 3.8) is 0 Å². The summed E-state index contributed by atoms with van der Waals surface area (Å²) in [5.41, 5.74) is 0.895. The summed E-state index contributed by atoms with van der Waals surface area (Å²) in [6, 6.07) is 2.10. The Morgan fingerprint density at radius 3 is 2.88 bits per heavy atom. The molecule has 1 atom stereocenters. The van der Waals surface area contributed by atoms with E-state index in [0.717, 1.165) is 18.5 Å². The van der Waals surface area contributed by atoms with Crippen LogP contribution < -0.4 is 10.1 Å². The third-order valence-electron chi connectivity index (χ3n) is 2.20. The molecule has 0 aliphatic heterocycles. The highest BCUT2D eigenvalue weighted by Crippen LogP contribution is 2.13. The van der Waals surface area contributed by atoms with Gasteiger partial charge in [0.15, 0.2) is 0 Å². The highest BCUT2D eigenvalue weighted by atomic mass is 35.5. The van der Waals surface area contributed by atoms with E-state index in [-0.39, 0.29) is 6.04 Å². The number of nitrogens with zero attached hydrogens (tertiary/aromatic N) is 2. The van der Waals surface area contributed by atoms with Crippen LogP contribution in [0.4, 0.5) is 5.95 Å². The quantitative estimate of drug-likeness (QED) is 0.763. The molecular formula is C12H20ClN3O. The van der Waals surface area contributed by atoms with Crippen molar-refractivity contribution in [2.45, 2.75) is 39.7 Å². The van der Waals surface area contributed by atoms with Crippen LogP contribution in [0.3, 0.4) is 0 Å². The minimum Gasteiger partial charge on any atom is -0.478 e. The van der Waals surface area contributed by atoms with Crippen LogP contribution in [-0.4, -0.2) is 28.5 Å². The second-order valence-electron chi connectivity index (χ2n) is 4.04. The van der Waals surface area contributed by atoms with Gasteiger partial charge in [0.05, 0.1) is 6.61 Å². The van der Waals surface area contributed by atoms with E-state index in [1.165, 1.54) is 0 Å². The Kier molecular flexibility index (Phi) is 6.05. The second kappa shape index (κ2) is 7.33. The highest BCUT2D eigenvalue weighted by molar-refractivity contribution is 6.17. The fourth-order valence-corrected chi connectivity index (χ4v) is 1.67. The summed E-state index contributed by atoms with van der Waals surface area (Å²) in [4.78, 5) is 8.62. The normalized spacial score (nSPS) is 12.2. The number of hydrogen-bond donors (Lipinski definition) is 1. The molecule has 1 heterocycles. The first-order valence-electron chi connectivity index (χ1n) is 5.96. The van der Waals surface area contributed by atoms with Crippen LogP contribution in [0.2, 0.25) is 0 Å². The van der Waals surface area contributed by atoms with E-state index in [1.807, 2.05) is 13.0 Å². The molecule has 5 heteroatoms. The van der Waals surface area contributed by atoms with Crippen molar-refractivity contribution in [1.82, 2.24) is 9.97 Å². The number of ether oxygens (including phenoxy) is 1. The molecule has 96 valence electrons. The first kappa shape index (κ1) is 14.0. The Morgan fingerprint density at radius 2 is 2.24 bits per heavy atom. The average molecular weight is 258 g/mol. The average Bonchev–Trinajstić information content (AvgIpc) is 2.25. The highest BCUT2D eigenvalue weighted by Gasteiger charge is 2.06. The summed E-state index contributed by atoms with van der Waals surface area (Å²) in [6.07, 6.45) is 1.85. The van der Waals surface area contributed by atoms with Crippen molar-refractivity contribution in [3.05, 3.63) is 11.8 Å². The fraction of sp³-hybridized carbons (Fsp3) is 0.667. The van der Waals surface area contributed by atoms with Crippen molar-refractivity contribution < 1.29 is 4.74 Å². The molecule has 1 aromatic heterocycles. The molecule has 0 saturated heterocycles. The number of aryl methyl sites for hydroxylation is 1. The van der Waals surface area contributed by atoms with Crippen molar-refractivity contribution in [3.8, 4) is 5.88 Å². The van der Waals surface area contributed by atoms with Gasteiger partial charge < -0.3 is 10.1 Å². The maximum absolute atomic E-state index is 5.69. The monoisotopic (exact) mass is 257 g/mol. The van der Waals surface area contributed by atoms with E-state index in [1.54, 1.807) is 0 Å². The number of nitrogens with one attached hydrogen (secondary N) is 1. The minimum atomic E-state index is 0.258. The summed E-state index contributed by atoms with van der Waals surface area (Å²) in [5, 5.41) is 3.21. The number of aromatic nitrogens is 2. The van der Waals surface area contributed by atoms with Gasteiger partial charge in [0.2, 0.25) is 11.8 Å². The van der Waals surface area contributed by atoms with E-state index < -0.39 is 0 Å². The second-order valence-corrected chi connectivity index (χ2v) is 4.42. The minimum absolute atomic E-state index is 0.258. The smallest absolute Gasteiger partial charge is 0.226 e. The zero-order valence-electron chi connectivity index (χ0n) is 10.7. The SMILES string of the molecule is CCCOc1cc(C)nc(NC(C)CCCl)n1. The summed E-state index contributed by atoms with van der Waals surface area (Å²) in [7, 11) is 0. The zero-order valence-corrected chi connectivity index (χ0v) is 11.4. The molecule has 0 fully saturated rings. The molecule has 0 spiro atoms. The summed E-state index contributed by atoms with van der Waals surface area (Å²) in [5.74, 6) is 1.85. The standard InChI is InChI=1S/C12H20ClN3O/c1-4-7-17-11-8-10(3)15-12(16-11)14-9(2)5-6-13/h8-9H,4-7H2,1-3H3,(H,14,15,16). The van der Waals surface area contributed by atoms with Crippen LogP contribution in [-0.2, 0) is 0 Å². The van der Waals surface area contributed by atoms with Crippen molar-refractivity contribution in [1.29, 1.82) is 0 Å². The summed E-state index contributed by atoms with van der Waals surface area (Å²) >= 11 is 5.69. The van der Waals surface area contributed by atoms with E-state index in [4.69, 9.17) is 16.3 Å². The van der Waals surface area contributed by atoms with Crippen LogP contribution in [0, 0.1) is 6.92 Å². The Hall–Kier alpha value is -1.03. The van der Waals surface area contributed by atoms with Gasteiger partial charge in [-0.25, -0.2) is 4.98 Å². The molecule has 0 aromatic carbocycles. The molecule has 0 saturated carbocycles. The maximum Gasteiger partial charge on any atom is 0.226 e. The Bertz CT molecular complexity index is 347. The predicted molar refractivity (Wildman–Crippen MR) is 71.0 cm³/mol. The Labute approximate surface area is 108 Å². The first-order chi connectivity index (χ1) is 8.15. The molecule has 1 unspecified atom stereocenters. The molecule has 4 nitrogen and oxygen atoms in total. The molecule has 1 N–H and O–H groups in total. The zero-order chi connectivity index (χ0) is 12.7. The number of alkyl halides is 1. The fourth-order valence-electron chi connectivity index (χ4n) is 1.34. The summed E-state index contributed by atoms with van der Waals surface area (Å²) < 4.78 is 5.50. The van der Waals surface area contributed by atoms with Crippen LogP contribution in [0.5, 0.6) is 5.88 Å². The summed E-state index contributed by atoms with van der Waals surface area (Å²) in [6.45, 7) is 6.72. The first-order valence-corrected chi connectivity index (χ1v) is 6.50. The molecule has 0 aliphatic rings. The van der Waals surface area contributed by atoms with E-state index in [0.29, 0.717) is 24.3 Å². The van der Waals surface area contributed by atoms with E-state index >= 15 is 0 Å². The molecule has 0 bridgehead atoms. The van der Waals surface area contributed by atoms with E-state index in [2.05, 4.69) is 29.1 Å². The third-order valence-corrected chi connectivity index (χ3v) is 2.42. The molecule has 1 rings (SSSR count). The van der Waals surface area contributed by atoms with Crippen molar-refractivity contribution >= 4 is 17.5 Å². The van der Waals surface area contributed by atoms with Gasteiger partial charge in [-0.15, -0.1) is 11.6 Å². The lowest BCUT2D eigenvalue weighted by atomic mass is 10.3. The van der Waals surface area contributed by atoms with Crippen LogP contribution in [0.1, 0.15) is 32.4 Å². The predicted octanol–water partition coefficient (Wildman–Crippen LogP) is 3.00. The third kappa shape index (κ3) is 5.22. The maximum atomic E-state index is 5.69. The molecule has 1 aromatic rings. The molecule has 0 aliphatic carbocycles. The molecule has 17 heavy (non-hydrogen) atoms. The number of anilines is 1. The Balaban J connectivity index is 2.67. The van der Waals surface area contributed by atoms with Gasteiger partial charge in [0.25, 0.3) is 0 Å². The van der Waals surface area contributed by atoms with Gasteiger partial charge in [0, 0.05) is 23.7 Å². The number of halogens is 1. The van der Waals surface area contributed by atoms with Gasteiger partial charge in [-0.2, -0.15) is 4.98 Å². The van der Waals surface area contributed by atoms with Gasteiger partial charge in [-0.3, -0.25) is 0 Å². The van der Waals surface area contributed by atoms with Crippen LogP contribution >= 0.6 is 11.6 Å². The lowest BCUT2D eigenvalue weighted by Gasteiger charge is -2.13. The molecule has 0 amide bonds. The topological polar surface area (TPSA) is 47.0 Å². The number of hydrogen-bond acceptors (Lipinski definition) is 4. The lowest BCUT2D eigenvalue weighted by molar-refractivity contribution is 0.305. The van der Waals surface area contributed by atoms with Gasteiger partial charge in [0.1, 0.15) is 0 Å². The van der Waals surface area contributed by atoms with Crippen LogP contribution in [0.25, 0.3) is 0 Å². The Morgan fingerprint density at radius 1 is 1.47 bits per heavy atom. The largest absolute Gasteiger partial charge is 0.478 e.